The van der Waals surface area contributed by atoms with Crippen LogP contribution < -0.4 is 0 Å². The molecule has 0 spiro atoms. The topological polar surface area (TPSA) is 57.5 Å². The van der Waals surface area contributed by atoms with Crippen LogP contribution >= 0.6 is 0 Å². The van der Waals surface area contributed by atoms with E-state index in [-0.39, 0.29) is 6.42 Å². The van der Waals surface area contributed by atoms with Crippen molar-refractivity contribution in [3.05, 3.63) is 12.2 Å². The van der Waals surface area contributed by atoms with E-state index >= 15 is 0 Å². The van der Waals surface area contributed by atoms with Crippen molar-refractivity contribution >= 4 is 5.97 Å². The number of carboxylic acids is 1. The Balaban J connectivity index is 3.62. The lowest BCUT2D eigenvalue weighted by atomic mass is 10.1. The van der Waals surface area contributed by atoms with Crippen LogP contribution in [0.15, 0.2) is 12.2 Å². The van der Waals surface area contributed by atoms with Crippen LogP contribution in [0, 0.1) is 47.4 Å². The Hall–Kier alpha value is -2.59. The molecular weight excluding hydrogens is 324 g/mol. The van der Waals surface area contributed by atoms with Crippen LogP contribution in [-0.2, 0) is 4.79 Å². The second kappa shape index (κ2) is 18.7. The highest BCUT2D eigenvalue weighted by molar-refractivity contribution is 5.67. The summed E-state index contributed by atoms with van der Waals surface area (Å²) < 4.78 is 0. The zero-order chi connectivity index (χ0) is 19.3. The molecule has 0 aromatic carbocycles. The van der Waals surface area contributed by atoms with Gasteiger partial charge in [0.2, 0.25) is 0 Å². The molecular formula is C23H28O3. The molecule has 138 valence electrons. The molecule has 3 heteroatoms. The van der Waals surface area contributed by atoms with E-state index in [0.717, 1.165) is 44.9 Å². The third-order valence-corrected chi connectivity index (χ3v) is 3.25. The minimum Gasteiger partial charge on any atom is -0.481 e. The molecule has 0 bridgehead atoms. The van der Waals surface area contributed by atoms with Gasteiger partial charge in [0.15, 0.2) is 0 Å². The fraction of sp³-hybridized carbons (Fsp3) is 0.522. The highest BCUT2D eigenvalue weighted by Gasteiger charge is 1.98. The lowest BCUT2D eigenvalue weighted by molar-refractivity contribution is -0.136. The van der Waals surface area contributed by atoms with Gasteiger partial charge in [-0.05, 0) is 61.9 Å². The Labute approximate surface area is 158 Å². The first-order chi connectivity index (χ1) is 12.7. The number of unbranched alkanes of at least 4 members (excludes halogenated alkanes) is 5. The predicted octanol–water partition coefficient (Wildman–Crippen LogP) is 3.92. The largest absolute Gasteiger partial charge is 0.481 e. The number of hydrogen-bond acceptors (Lipinski definition) is 2. The summed E-state index contributed by atoms with van der Waals surface area (Å²) in [4.78, 5) is 10.3. The number of hydrogen-bond donors (Lipinski definition) is 2. The maximum Gasteiger partial charge on any atom is 0.304 e. The molecule has 0 aliphatic heterocycles. The van der Waals surface area contributed by atoms with Crippen molar-refractivity contribution in [1.29, 1.82) is 0 Å². The molecule has 2 N–H and O–H groups in total. The average Bonchev–Trinajstić information content (AvgIpc) is 2.61. The monoisotopic (exact) mass is 352 g/mol. The second-order valence-corrected chi connectivity index (χ2v) is 5.70. The molecule has 0 saturated carbocycles. The Kier molecular flexibility index (Phi) is 16.9. The van der Waals surface area contributed by atoms with Gasteiger partial charge in [-0.3, -0.25) is 4.79 Å². The summed E-state index contributed by atoms with van der Waals surface area (Å²) >= 11 is 0. The van der Waals surface area contributed by atoms with Gasteiger partial charge in [-0.25, -0.2) is 0 Å². The summed E-state index contributed by atoms with van der Waals surface area (Å²) in [6.45, 7) is 2.07. The van der Waals surface area contributed by atoms with E-state index in [0.29, 0.717) is 12.8 Å². The zero-order valence-electron chi connectivity index (χ0n) is 15.6. The van der Waals surface area contributed by atoms with Gasteiger partial charge < -0.3 is 10.2 Å². The van der Waals surface area contributed by atoms with Gasteiger partial charge in [-0.2, -0.15) is 0 Å². The highest BCUT2D eigenvalue weighted by atomic mass is 16.4. The maximum absolute atomic E-state index is 10.3. The molecule has 0 aromatic heterocycles. The van der Waals surface area contributed by atoms with Crippen LogP contribution in [0.4, 0.5) is 0 Å². The summed E-state index contributed by atoms with van der Waals surface area (Å²) in [5.41, 5.74) is 0. The van der Waals surface area contributed by atoms with E-state index in [1.54, 1.807) is 6.08 Å². The molecule has 0 rings (SSSR count). The first kappa shape index (κ1) is 23.4. The molecule has 0 heterocycles. The number of rotatable bonds is 10. The number of aliphatic carboxylic acids is 1. The van der Waals surface area contributed by atoms with Crippen molar-refractivity contribution < 1.29 is 15.0 Å². The Morgan fingerprint density at radius 3 is 2.50 bits per heavy atom. The maximum atomic E-state index is 10.3. The minimum atomic E-state index is -0.841. The number of carboxylic acid groups (broad SMARTS) is 1. The quantitative estimate of drug-likeness (QED) is 0.463. The number of allylic oxidation sites excluding steroid dienone is 2. The molecule has 0 aliphatic carbocycles. The number of carbonyl (C=O) groups is 1. The smallest absolute Gasteiger partial charge is 0.304 e. The standard InChI is InChI=1S/C23H28O3/c1-2-3-4-13-16-19-22(24)20-17-14-11-9-7-5-6-8-10-12-15-18-21-23(25)26/h5-6,22,24H,2-3,7,9,11,14,17-18,20-21H2,1H3,(H,25,26)/b6-5+/t22-/m0/s1. The molecule has 0 amide bonds. The number of aliphatic hydroxyl groups is 1. The molecule has 0 saturated heterocycles. The molecule has 0 radical (unpaired) electrons. The van der Waals surface area contributed by atoms with Crippen LogP contribution in [0.1, 0.15) is 71.1 Å². The van der Waals surface area contributed by atoms with Crippen LogP contribution in [0.25, 0.3) is 0 Å². The first-order valence-corrected chi connectivity index (χ1v) is 9.18. The van der Waals surface area contributed by atoms with Crippen molar-refractivity contribution in [1.82, 2.24) is 0 Å². The molecule has 0 aromatic rings. The van der Waals surface area contributed by atoms with E-state index in [2.05, 4.69) is 54.3 Å². The van der Waals surface area contributed by atoms with E-state index in [1.165, 1.54) is 0 Å². The third-order valence-electron chi connectivity index (χ3n) is 3.25. The van der Waals surface area contributed by atoms with Gasteiger partial charge in [-0.15, -0.1) is 0 Å². The van der Waals surface area contributed by atoms with Crippen molar-refractivity contribution in [2.45, 2.75) is 77.2 Å². The van der Waals surface area contributed by atoms with E-state index in [1.807, 2.05) is 6.08 Å². The summed E-state index contributed by atoms with van der Waals surface area (Å²) in [5.74, 6) is 21.1. The third kappa shape index (κ3) is 19.5. The van der Waals surface area contributed by atoms with Crippen LogP contribution in [0.2, 0.25) is 0 Å². The Morgan fingerprint density at radius 2 is 1.73 bits per heavy atom. The van der Waals surface area contributed by atoms with E-state index in [4.69, 9.17) is 5.11 Å². The number of aliphatic hydroxyl groups excluding tert-OH is 1. The fourth-order valence-electron chi connectivity index (χ4n) is 1.87. The van der Waals surface area contributed by atoms with Crippen molar-refractivity contribution in [2.24, 2.45) is 0 Å². The van der Waals surface area contributed by atoms with Gasteiger partial charge in [0, 0.05) is 12.8 Å². The zero-order valence-corrected chi connectivity index (χ0v) is 15.6. The fourth-order valence-corrected chi connectivity index (χ4v) is 1.87. The summed E-state index contributed by atoms with van der Waals surface area (Å²) in [6.07, 6.45) is 11.4. The Bertz CT molecular complexity index is 657. The van der Waals surface area contributed by atoms with Crippen LogP contribution in [0.5, 0.6) is 0 Å². The lowest BCUT2D eigenvalue weighted by Gasteiger charge is -2.02. The summed E-state index contributed by atoms with van der Waals surface area (Å²) in [6, 6.07) is 0. The highest BCUT2D eigenvalue weighted by Crippen LogP contribution is 2.07. The van der Waals surface area contributed by atoms with Crippen molar-refractivity contribution in [3.63, 3.8) is 0 Å². The molecule has 1 atom stereocenters. The predicted molar refractivity (Wildman–Crippen MR) is 106 cm³/mol. The van der Waals surface area contributed by atoms with E-state index in [9.17, 15) is 9.90 Å². The van der Waals surface area contributed by atoms with Crippen LogP contribution in [0.3, 0.4) is 0 Å². The minimum absolute atomic E-state index is 0.0567. The SMILES string of the molecule is CCCC#CC#C[C@H](O)CCCCCC/C=C/C#CC#CCCC(=O)O. The second-order valence-electron chi connectivity index (χ2n) is 5.70. The van der Waals surface area contributed by atoms with Gasteiger partial charge in [-0.1, -0.05) is 49.5 Å². The normalized spacial score (nSPS) is 10.2. The molecule has 0 unspecified atom stereocenters. The van der Waals surface area contributed by atoms with Gasteiger partial charge in [0.1, 0.15) is 6.10 Å². The Morgan fingerprint density at radius 1 is 1.00 bits per heavy atom. The van der Waals surface area contributed by atoms with Crippen molar-refractivity contribution in [3.8, 4) is 47.4 Å². The summed E-state index contributed by atoms with van der Waals surface area (Å²) in [5, 5.41) is 18.1. The molecule has 3 nitrogen and oxygen atoms in total. The van der Waals surface area contributed by atoms with Gasteiger partial charge in [0.25, 0.3) is 0 Å². The molecule has 26 heavy (non-hydrogen) atoms. The van der Waals surface area contributed by atoms with Gasteiger partial charge >= 0.3 is 5.97 Å². The first-order valence-electron chi connectivity index (χ1n) is 9.18. The van der Waals surface area contributed by atoms with E-state index < -0.39 is 12.1 Å². The average molecular weight is 352 g/mol. The lowest BCUT2D eigenvalue weighted by Crippen LogP contribution is -2.01. The van der Waals surface area contributed by atoms with Crippen LogP contribution in [-0.4, -0.2) is 22.3 Å². The summed E-state index contributed by atoms with van der Waals surface area (Å²) in [7, 11) is 0. The molecule has 0 aliphatic rings. The molecule has 0 fully saturated rings. The van der Waals surface area contributed by atoms with Crippen molar-refractivity contribution in [2.75, 3.05) is 0 Å². The van der Waals surface area contributed by atoms with Gasteiger partial charge in [0.05, 0.1) is 6.42 Å².